The van der Waals surface area contributed by atoms with E-state index in [0.717, 1.165) is 18.5 Å². The van der Waals surface area contributed by atoms with Crippen LogP contribution in [0.3, 0.4) is 0 Å². The summed E-state index contributed by atoms with van der Waals surface area (Å²) in [5.41, 5.74) is 13.5. The molecule has 1 heteroatoms. The molecule has 18 heavy (non-hydrogen) atoms. The molecule has 90 valence electrons. The molecular formula is C17H17N. The van der Waals surface area contributed by atoms with Crippen LogP contribution in [-0.2, 0) is 6.42 Å². The quantitative estimate of drug-likeness (QED) is 0.741. The Kier molecular flexibility index (Phi) is 2.67. The number of hydrogen-bond donors (Lipinski definition) is 1. The predicted octanol–water partition coefficient (Wildman–Crippen LogP) is 4.06. The van der Waals surface area contributed by atoms with Gasteiger partial charge in [0.15, 0.2) is 0 Å². The number of nitrogen functional groups attached to an aromatic ring is 1. The minimum atomic E-state index is 0.866. The van der Waals surface area contributed by atoms with Gasteiger partial charge in [-0.25, -0.2) is 0 Å². The first kappa shape index (κ1) is 11.1. The summed E-state index contributed by atoms with van der Waals surface area (Å²) >= 11 is 0. The molecule has 0 spiro atoms. The maximum Gasteiger partial charge on any atom is 0.0317 e. The van der Waals surface area contributed by atoms with Crippen molar-refractivity contribution in [3.8, 4) is 0 Å². The molecule has 2 N–H and O–H groups in total. The molecule has 2 aromatic carbocycles. The topological polar surface area (TPSA) is 26.0 Å². The minimum Gasteiger partial charge on any atom is -0.399 e. The maximum atomic E-state index is 5.83. The number of rotatable bonds is 1. The van der Waals surface area contributed by atoms with Crippen LogP contribution in [0.1, 0.15) is 28.7 Å². The summed E-state index contributed by atoms with van der Waals surface area (Å²) in [4.78, 5) is 0. The van der Waals surface area contributed by atoms with Gasteiger partial charge in [0.1, 0.15) is 0 Å². The molecule has 0 unspecified atom stereocenters. The Hall–Kier alpha value is -2.02. The molecule has 1 nitrogen and oxygen atoms in total. The van der Waals surface area contributed by atoms with Crippen LogP contribution in [0.25, 0.3) is 11.6 Å². The molecule has 1 aliphatic rings. The van der Waals surface area contributed by atoms with E-state index < -0.39 is 0 Å². The fourth-order valence-electron chi connectivity index (χ4n) is 2.65. The summed E-state index contributed by atoms with van der Waals surface area (Å²) in [6, 6.07) is 14.9. The Bertz CT molecular complexity index is 623. The molecule has 0 atom stereocenters. The highest BCUT2D eigenvalue weighted by Crippen LogP contribution is 2.34. The molecule has 2 aromatic rings. The third kappa shape index (κ3) is 2.04. The lowest BCUT2D eigenvalue weighted by Crippen LogP contribution is -1.87. The molecule has 0 aromatic heterocycles. The SMILES string of the molecule is Cc1cccc(C=C2CCc3cc(N)ccc32)c1. The lowest BCUT2D eigenvalue weighted by Gasteiger charge is -2.03. The first-order valence-corrected chi connectivity index (χ1v) is 6.38. The Morgan fingerprint density at radius 1 is 1.06 bits per heavy atom. The van der Waals surface area contributed by atoms with Crippen LogP contribution in [-0.4, -0.2) is 0 Å². The number of benzene rings is 2. The zero-order chi connectivity index (χ0) is 12.5. The third-order valence-electron chi connectivity index (χ3n) is 3.52. The fourth-order valence-corrected chi connectivity index (χ4v) is 2.65. The Morgan fingerprint density at radius 3 is 2.78 bits per heavy atom. The highest BCUT2D eigenvalue weighted by atomic mass is 14.5. The van der Waals surface area contributed by atoms with E-state index in [-0.39, 0.29) is 0 Å². The average Bonchev–Trinajstić information content (AvgIpc) is 2.72. The first-order valence-electron chi connectivity index (χ1n) is 6.38. The molecule has 3 rings (SSSR count). The van der Waals surface area contributed by atoms with Crippen LogP contribution in [0.4, 0.5) is 5.69 Å². The number of fused-ring (bicyclic) bond motifs is 1. The average molecular weight is 235 g/mol. The van der Waals surface area contributed by atoms with E-state index in [1.807, 2.05) is 6.07 Å². The smallest absolute Gasteiger partial charge is 0.0317 e. The highest BCUT2D eigenvalue weighted by molar-refractivity contribution is 5.86. The van der Waals surface area contributed by atoms with Gasteiger partial charge in [-0.2, -0.15) is 0 Å². The van der Waals surface area contributed by atoms with Crippen LogP contribution in [0, 0.1) is 6.92 Å². The van der Waals surface area contributed by atoms with E-state index in [0.29, 0.717) is 0 Å². The summed E-state index contributed by atoms with van der Waals surface area (Å²) in [7, 11) is 0. The van der Waals surface area contributed by atoms with Crippen molar-refractivity contribution in [2.45, 2.75) is 19.8 Å². The molecule has 0 amide bonds. The van der Waals surface area contributed by atoms with Crippen LogP contribution < -0.4 is 5.73 Å². The van der Waals surface area contributed by atoms with Crippen molar-refractivity contribution >= 4 is 17.3 Å². The Morgan fingerprint density at radius 2 is 1.94 bits per heavy atom. The number of aryl methyl sites for hydroxylation is 2. The molecule has 0 saturated heterocycles. The number of anilines is 1. The van der Waals surface area contributed by atoms with Crippen LogP contribution in [0.15, 0.2) is 42.5 Å². The zero-order valence-electron chi connectivity index (χ0n) is 10.6. The van der Waals surface area contributed by atoms with E-state index in [9.17, 15) is 0 Å². The summed E-state index contributed by atoms with van der Waals surface area (Å²) in [5, 5.41) is 0. The molecule has 0 saturated carbocycles. The van der Waals surface area contributed by atoms with Gasteiger partial charge in [-0.1, -0.05) is 42.0 Å². The standard InChI is InChI=1S/C17H17N/c1-12-3-2-4-13(9-12)10-14-5-6-15-11-16(18)7-8-17(14)15/h2-4,7-11H,5-6,18H2,1H3. The van der Waals surface area contributed by atoms with Crippen molar-refractivity contribution in [1.82, 2.24) is 0 Å². The monoisotopic (exact) mass is 235 g/mol. The first-order chi connectivity index (χ1) is 8.72. The molecule has 1 aliphatic carbocycles. The van der Waals surface area contributed by atoms with Crippen LogP contribution >= 0.6 is 0 Å². The van der Waals surface area contributed by atoms with Gasteiger partial charge in [0.05, 0.1) is 0 Å². The van der Waals surface area contributed by atoms with Gasteiger partial charge in [-0.05, 0) is 54.2 Å². The van der Waals surface area contributed by atoms with E-state index in [4.69, 9.17) is 5.73 Å². The summed E-state index contributed by atoms with van der Waals surface area (Å²) in [6.45, 7) is 2.13. The van der Waals surface area contributed by atoms with Gasteiger partial charge in [-0.15, -0.1) is 0 Å². The Labute approximate surface area is 108 Å². The van der Waals surface area contributed by atoms with Crippen molar-refractivity contribution in [3.05, 3.63) is 64.7 Å². The maximum absolute atomic E-state index is 5.83. The van der Waals surface area contributed by atoms with Gasteiger partial charge in [0.25, 0.3) is 0 Å². The van der Waals surface area contributed by atoms with Gasteiger partial charge < -0.3 is 5.73 Å². The van der Waals surface area contributed by atoms with E-state index in [1.54, 1.807) is 0 Å². The molecule has 0 fully saturated rings. The van der Waals surface area contributed by atoms with Crippen molar-refractivity contribution in [1.29, 1.82) is 0 Å². The lowest BCUT2D eigenvalue weighted by molar-refractivity contribution is 1.08. The second kappa shape index (κ2) is 4.34. The van der Waals surface area contributed by atoms with Gasteiger partial charge in [0, 0.05) is 5.69 Å². The van der Waals surface area contributed by atoms with E-state index >= 15 is 0 Å². The number of hydrogen-bond acceptors (Lipinski definition) is 1. The van der Waals surface area contributed by atoms with E-state index in [2.05, 4.69) is 49.4 Å². The minimum absolute atomic E-state index is 0.866. The molecule has 0 bridgehead atoms. The highest BCUT2D eigenvalue weighted by Gasteiger charge is 2.15. The Balaban J connectivity index is 2.01. The van der Waals surface area contributed by atoms with Crippen LogP contribution in [0.2, 0.25) is 0 Å². The fraction of sp³-hybridized carbons (Fsp3) is 0.176. The summed E-state index contributed by atoms with van der Waals surface area (Å²) in [6.07, 6.45) is 4.53. The molecule has 0 aliphatic heterocycles. The molecule has 0 heterocycles. The van der Waals surface area contributed by atoms with Crippen molar-refractivity contribution in [2.75, 3.05) is 5.73 Å². The summed E-state index contributed by atoms with van der Waals surface area (Å²) in [5.74, 6) is 0. The normalized spacial score (nSPS) is 15.9. The van der Waals surface area contributed by atoms with Crippen molar-refractivity contribution < 1.29 is 0 Å². The number of nitrogens with two attached hydrogens (primary N) is 1. The second-order valence-electron chi connectivity index (χ2n) is 5.00. The van der Waals surface area contributed by atoms with Gasteiger partial charge >= 0.3 is 0 Å². The lowest BCUT2D eigenvalue weighted by atomic mass is 10.0. The van der Waals surface area contributed by atoms with Gasteiger partial charge in [-0.3, -0.25) is 0 Å². The van der Waals surface area contributed by atoms with Crippen LogP contribution in [0.5, 0.6) is 0 Å². The summed E-state index contributed by atoms with van der Waals surface area (Å²) < 4.78 is 0. The molecule has 0 radical (unpaired) electrons. The molecular weight excluding hydrogens is 218 g/mol. The second-order valence-corrected chi connectivity index (χ2v) is 5.00. The number of allylic oxidation sites excluding steroid dienone is 1. The third-order valence-corrected chi connectivity index (χ3v) is 3.52. The van der Waals surface area contributed by atoms with Crippen molar-refractivity contribution in [3.63, 3.8) is 0 Å². The predicted molar refractivity (Wildman–Crippen MR) is 78.2 cm³/mol. The zero-order valence-corrected chi connectivity index (χ0v) is 10.6. The largest absolute Gasteiger partial charge is 0.399 e. The van der Waals surface area contributed by atoms with Crippen molar-refractivity contribution in [2.24, 2.45) is 0 Å². The van der Waals surface area contributed by atoms with Gasteiger partial charge in [0.2, 0.25) is 0 Å². The van der Waals surface area contributed by atoms with E-state index in [1.165, 1.54) is 27.8 Å².